The Bertz CT molecular complexity index is 1030. The van der Waals surface area contributed by atoms with E-state index in [4.69, 9.17) is 0 Å². The van der Waals surface area contributed by atoms with E-state index in [1.54, 1.807) is 30.3 Å². The standard InChI is InChI=1S/C22H19N3O4/c1-15(16-7-3-2-4-8-16)23-21(26)17-11-13-18(14-12-17)24-22(27)19-9-5-6-10-20(19)25(28)29/h2-15H,1H3,(H,23,26)(H,24,27). The van der Waals surface area contributed by atoms with Crippen molar-refractivity contribution in [2.45, 2.75) is 13.0 Å². The molecule has 7 heteroatoms. The van der Waals surface area contributed by atoms with Crippen molar-refractivity contribution in [1.82, 2.24) is 5.32 Å². The minimum absolute atomic E-state index is 0.0315. The molecule has 0 heterocycles. The van der Waals surface area contributed by atoms with Crippen molar-refractivity contribution >= 4 is 23.2 Å². The van der Waals surface area contributed by atoms with Crippen LogP contribution in [0.25, 0.3) is 0 Å². The molecule has 0 aliphatic rings. The molecule has 146 valence electrons. The van der Waals surface area contributed by atoms with Crippen LogP contribution in [0.1, 0.15) is 39.2 Å². The highest BCUT2D eigenvalue weighted by atomic mass is 16.6. The fourth-order valence-electron chi connectivity index (χ4n) is 2.83. The van der Waals surface area contributed by atoms with Gasteiger partial charge in [0.25, 0.3) is 17.5 Å². The fraction of sp³-hybridized carbons (Fsp3) is 0.0909. The Hall–Kier alpha value is -4.00. The Balaban J connectivity index is 1.66. The van der Waals surface area contributed by atoms with Gasteiger partial charge in [0.05, 0.1) is 11.0 Å². The lowest BCUT2D eigenvalue weighted by Gasteiger charge is -2.14. The van der Waals surface area contributed by atoms with Gasteiger partial charge in [-0.3, -0.25) is 19.7 Å². The molecule has 0 aliphatic heterocycles. The molecule has 2 amide bonds. The second-order valence-corrected chi connectivity index (χ2v) is 6.41. The number of hydrogen-bond acceptors (Lipinski definition) is 4. The third kappa shape index (κ3) is 4.84. The summed E-state index contributed by atoms with van der Waals surface area (Å²) in [5, 5.41) is 16.6. The molecular weight excluding hydrogens is 370 g/mol. The smallest absolute Gasteiger partial charge is 0.282 e. The first-order valence-electron chi connectivity index (χ1n) is 8.96. The number of rotatable bonds is 6. The molecule has 3 rings (SSSR count). The first kappa shape index (κ1) is 19.8. The lowest BCUT2D eigenvalue weighted by atomic mass is 10.1. The van der Waals surface area contributed by atoms with E-state index in [1.165, 1.54) is 18.2 Å². The van der Waals surface area contributed by atoms with Crippen molar-refractivity contribution in [2.75, 3.05) is 5.32 Å². The summed E-state index contributed by atoms with van der Waals surface area (Å²) in [4.78, 5) is 35.3. The number of nitro groups is 1. The van der Waals surface area contributed by atoms with Crippen molar-refractivity contribution in [3.05, 3.63) is 106 Å². The predicted octanol–water partition coefficient (Wildman–Crippen LogP) is 4.34. The van der Waals surface area contributed by atoms with Crippen LogP contribution in [0.3, 0.4) is 0 Å². The van der Waals surface area contributed by atoms with Crippen molar-refractivity contribution < 1.29 is 14.5 Å². The summed E-state index contributed by atoms with van der Waals surface area (Å²) in [6, 6.07) is 21.5. The predicted molar refractivity (Wildman–Crippen MR) is 110 cm³/mol. The largest absolute Gasteiger partial charge is 0.346 e. The molecule has 0 aliphatic carbocycles. The molecule has 1 unspecified atom stereocenters. The number of nitrogens with one attached hydrogen (secondary N) is 2. The maximum Gasteiger partial charge on any atom is 0.282 e. The third-order valence-electron chi connectivity index (χ3n) is 4.40. The molecule has 1 atom stereocenters. The summed E-state index contributed by atoms with van der Waals surface area (Å²) < 4.78 is 0. The molecule has 2 N–H and O–H groups in total. The Kier molecular flexibility index (Phi) is 5.99. The van der Waals surface area contributed by atoms with Crippen molar-refractivity contribution in [2.24, 2.45) is 0 Å². The van der Waals surface area contributed by atoms with Crippen LogP contribution in [0.2, 0.25) is 0 Å². The second kappa shape index (κ2) is 8.79. The van der Waals surface area contributed by atoms with Crippen LogP contribution in [0.15, 0.2) is 78.9 Å². The minimum Gasteiger partial charge on any atom is -0.346 e. The van der Waals surface area contributed by atoms with Gasteiger partial charge in [0.2, 0.25) is 0 Å². The molecule has 0 spiro atoms. The molecular formula is C22H19N3O4. The van der Waals surface area contributed by atoms with Gasteiger partial charge in [0.15, 0.2) is 0 Å². The van der Waals surface area contributed by atoms with Gasteiger partial charge < -0.3 is 10.6 Å². The van der Waals surface area contributed by atoms with Gasteiger partial charge in [-0.15, -0.1) is 0 Å². The molecule has 29 heavy (non-hydrogen) atoms. The van der Waals surface area contributed by atoms with Gasteiger partial charge in [-0.2, -0.15) is 0 Å². The van der Waals surface area contributed by atoms with E-state index in [0.717, 1.165) is 5.56 Å². The average Bonchev–Trinajstić information content (AvgIpc) is 2.74. The highest BCUT2D eigenvalue weighted by Crippen LogP contribution is 2.20. The van der Waals surface area contributed by atoms with Gasteiger partial charge in [-0.1, -0.05) is 42.5 Å². The topological polar surface area (TPSA) is 101 Å². The number of carbonyl (C=O) groups is 2. The third-order valence-corrected chi connectivity index (χ3v) is 4.40. The summed E-state index contributed by atoms with van der Waals surface area (Å²) in [5.41, 5.74) is 1.57. The van der Waals surface area contributed by atoms with Gasteiger partial charge in [0.1, 0.15) is 5.56 Å². The zero-order chi connectivity index (χ0) is 20.8. The van der Waals surface area contributed by atoms with Crippen molar-refractivity contribution in [3.8, 4) is 0 Å². The molecule has 0 saturated heterocycles. The van der Waals surface area contributed by atoms with E-state index in [1.807, 2.05) is 37.3 Å². The maximum atomic E-state index is 12.4. The number of benzene rings is 3. The summed E-state index contributed by atoms with van der Waals surface area (Å²) in [6.07, 6.45) is 0. The fourth-order valence-corrected chi connectivity index (χ4v) is 2.83. The lowest BCUT2D eigenvalue weighted by Crippen LogP contribution is -2.26. The normalized spacial score (nSPS) is 11.3. The molecule has 7 nitrogen and oxygen atoms in total. The van der Waals surface area contributed by atoms with E-state index in [2.05, 4.69) is 10.6 Å². The van der Waals surface area contributed by atoms with Crippen molar-refractivity contribution in [3.63, 3.8) is 0 Å². The SMILES string of the molecule is CC(NC(=O)c1ccc(NC(=O)c2ccccc2[N+](=O)[O-])cc1)c1ccccc1. The Morgan fingerprint density at radius 3 is 2.14 bits per heavy atom. The van der Waals surface area contributed by atoms with Crippen LogP contribution in [0.5, 0.6) is 0 Å². The molecule has 3 aromatic rings. The van der Waals surface area contributed by atoms with E-state index < -0.39 is 10.8 Å². The van der Waals surface area contributed by atoms with Crippen LogP contribution >= 0.6 is 0 Å². The van der Waals surface area contributed by atoms with E-state index in [9.17, 15) is 19.7 Å². The number of nitro benzene ring substituents is 1. The van der Waals surface area contributed by atoms with E-state index in [0.29, 0.717) is 11.3 Å². The van der Waals surface area contributed by atoms with Gasteiger partial charge in [0, 0.05) is 17.3 Å². The highest BCUT2D eigenvalue weighted by molar-refractivity contribution is 6.07. The second-order valence-electron chi connectivity index (χ2n) is 6.41. The number of amides is 2. The summed E-state index contributed by atoms with van der Waals surface area (Å²) in [7, 11) is 0. The molecule has 0 fully saturated rings. The van der Waals surface area contributed by atoms with Crippen LogP contribution in [-0.4, -0.2) is 16.7 Å². The van der Waals surface area contributed by atoms with Gasteiger partial charge in [-0.25, -0.2) is 0 Å². The number of nitrogens with zero attached hydrogens (tertiary/aromatic N) is 1. The number of para-hydroxylation sites is 1. The molecule has 0 bridgehead atoms. The van der Waals surface area contributed by atoms with Gasteiger partial charge in [-0.05, 0) is 42.8 Å². The minimum atomic E-state index is -0.601. The Morgan fingerprint density at radius 2 is 1.48 bits per heavy atom. The van der Waals surface area contributed by atoms with Crippen LogP contribution < -0.4 is 10.6 Å². The maximum absolute atomic E-state index is 12.4. The van der Waals surface area contributed by atoms with Crippen LogP contribution in [0.4, 0.5) is 11.4 Å². The monoisotopic (exact) mass is 389 g/mol. The number of carbonyl (C=O) groups excluding carboxylic acids is 2. The van der Waals surface area contributed by atoms with E-state index >= 15 is 0 Å². The molecule has 0 saturated carbocycles. The zero-order valence-electron chi connectivity index (χ0n) is 15.7. The van der Waals surface area contributed by atoms with E-state index in [-0.39, 0.29) is 23.2 Å². The number of anilines is 1. The summed E-state index contributed by atoms with van der Waals surface area (Å²) >= 11 is 0. The summed E-state index contributed by atoms with van der Waals surface area (Å²) in [6.45, 7) is 1.90. The average molecular weight is 389 g/mol. The van der Waals surface area contributed by atoms with Gasteiger partial charge >= 0.3 is 0 Å². The Morgan fingerprint density at radius 1 is 0.862 bits per heavy atom. The zero-order valence-corrected chi connectivity index (χ0v) is 15.7. The Labute approximate surface area is 167 Å². The van der Waals surface area contributed by atoms with Crippen molar-refractivity contribution in [1.29, 1.82) is 0 Å². The molecule has 3 aromatic carbocycles. The first-order valence-corrected chi connectivity index (χ1v) is 8.96. The molecule has 0 radical (unpaired) electrons. The molecule has 0 aromatic heterocycles. The quantitative estimate of drug-likeness (QED) is 0.484. The van der Waals surface area contributed by atoms with Crippen LogP contribution in [0, 0.1) is 10.1 Å². The lowest BCUT2D eigenvalue weighted by molar-refractivity contribution is -0.385. The number of hydrogen-bond donors (Lipinski definition) is 2. The first-order chi connectivity index (χ1) is 14.0. The van der Waals surface area contributed by atoms with Crippen LogP contribution in [-0.2, 0) is 0 Å². The highest BCUT2D eigenvalue weighted by Gasteiger charge is 2.19. The summed E-state index contributed by atoms with van der Waals surface area (Å²) in [5.74, 6) is -0.829.